The first-order chi connectivity index (χ1) is 9.22. The first-order valence-electron chi connectivity index (χ1n) is 6.89. The molecule has 0 saturated heterocycles. The van der Waals surface area contributed by atoms with E-state index in [4.69, 9.17) is 4.74 Å². The molecule has 2 atom stereocenters. The smallest absolute Gasteiger partial charge is 0.141 e. The van der Waals surface area contributed by atoms with Crippen molar-refractivity contribution in [2.75, 3.05) is 7.11 Å². The Labute approximate surface area is 114 Å². The lowest BCUT2D eigenvalue weighted by molar-refractivity contribution is 0.0917. The van der Waals surface area contributed by atoms with Gasteiger partial charge in [0.1, 0.15) is 11.9 Å². The molecule has 4 nitrogen and oxygen atoms in total. The van der Waals surface area contributed by atoms with Crippen LogP contribution >= 0.6 is 0 Å². The molecule has 0 fully saturated rings. The van der Waals surface area contributed by atoms with Crippen LogP contribution in [0.3, 0.4) is 0 Å². The van der Waals surface area contributed by atoms with Crippen molar-refractivity contribution in [1.29, 1.82) is 0 Å². The number of fused-ring (bicyclic) bond motifs is 1. The molecule has 0 radical (unpaired) electrons. The van der Waals surface area contributed by atoms with Crippen molar-refractivity contribution < 1.29 is 9.84 Å². The highest BCUT2D eigenvalue weighted by atomic mass is 16.5. The van der Waals surface area contributed by atoms with E-state index in [1.54, 1.807) is 19.6 Å². The summed E-state index contributed by atoms with van der Waals surface area (Å²) >= 11 is 0. The van der Waals surface area contributed by atoms with Gasteiger partial charge in [-0.1, -0.05) is 26.7 Å². The molecule has 2 aromatic rings. The zero-order valence-corrected chi connectivity index (χ0v) is 11.8. The molecule has 0 bridgehead atoms. The average molecular weight is 262 g/mol. The van der Waals surface area contributed by atoms with Crippen molar-refractivity contribution in [2.45, 2.75) is 39.2 Å². The summed E-state index contributed by atoms with van der Waals surface area (Å²) in [5.74, 6) is 0.958. The lowest BCUT2D eigenvalue weighted by Gasteiger charge is -2.24. The highest BCUT2D eigenvalue weighted by Gasteiger charge is 2.24. The molecule has 0 saturated carbocycles. The van der Waals surface area contributed by atoms with E-state index in [-0.39, 0.29) is 5.92 Å². The second-order valence-corrected chi connectivity index (χ2v) is 4.88. The van der Waals surface area contributed by atoms with Crippen molar-refractivity contribution in [2.24, 2.45) is 5.92 Å². The molecule has 0 aliphatic carbocycles. The van der Waals surface area contributed by atoms with Crippen LogP contribution in [0.1, 0.15) is 44.9 Å². The fourth-order valence-corrected chi connectivity index (χ4v) is 2.64. The number of methoxy groups -OCH3 is 1. The van der Waals surface area contributed by atoms with Gasteiger partial charge in [0.25, 0.3) is 0 Å². The summed E-state index contributed by atoms with van der Waals surface area (Å²) in [7, 11) is 1.63. The third-order valence-electron chi connectivity index (χ3n) is 3.72. The number of hydrogen-bond acceptors (Lipinski definition) is 3. The minimum Gasteiger partial charge on any atom is -0.495 e. The molecule has 0 spiro atoms. The van der Waals surface area contributed by atoms with Crippen LogP contribution in [0.5, 0.6) is 5.75 Å². The van der Waals surface area contributed by atoms with Gasteiger partial charge in [-0.3, -0.25) is 4.40 Å². The normalized spacial score (nSPS) is 14.5. The summed E-state index contributed by atoms with van der Waals surface area (Å²) in [5.41, 5.74) is 1.78. The molecule has 104 valence electrons. The van der Waals surface area contributed by atoms with E-state index in [2.05, 4.69) is 18.8 Å². The summed E-state index contributed by atoms with van der Waals surface area (Å²) in [6.45, 7) is 4.26. The molecule has 0 aliphatic rings. The predicted molar refractivity (Wildman–Crippen MR) is 75.4 cm³/mol. The van der Waals surface area contributed by atoms with Gasteiger partial charge in [-0.15, -0.1) is 0 Å². The van der Waals surface area contributed by atoms with Gasteiger partial charge in [-0.2, -0.15) is 0 Å². The number of imidazole rings is 1. The third kappa shape index (κ3) is 2.59. The molecule has 0 aliphatic heterocycles. The standard InChI is InChI=1S/C15H22N2O2/c1-4-6-11(5-2)15(18)14-13(19-3)8-7-12-9-16-10-17(12)14/h7-11,15,18H,4-6H2,1-3H3. The lowest BCUT2D eigenvalue weighted by atomic mass is 9.91. The van der Waals surface area contributed by atoms with Crippen molar-refractivity contribution >= 4 is 5.52 Å². The molecular formula is C15H22N2O2. The molecule has 4 heteroatoms. The van der Waals surface area contributed by atoms with Crippen LogP contribution in [-0.4, -0.2) is 21.6 Å². The van der Waals surface area contributed by atoms with Gasteiger partial charge in [0.2, 0.25) is 0 Å². The first kappa shape index (κ1) is 13.9. The fraction of sp³-hybridized carbons (Fsp3) is 0.533. The Hall–Kier alpha value is -1.55. The fourth-order valence-electron chi connectivity index (χ4n) is 2.64. The zero-order chi connectivity index (χ0) is 13.8. The number of rotatable bonds is 6. The number of aliphatic hydroxyl groups excluding tert-OH is 1. The van der Waals surface area contributed by atoms with Crippen LogP contribution in [0.15, 0.2) is 24.7 Å². The number of aromatic nitrogens is 2. The summed E-state index contributed by atoms with van der Waals surface area (Å²) in [5, 5.41) is 10.7. The maximum Gasteiger partial charge on any atom is 0.141 e. The second kappa shape index (κ2) is 6.06. The van der Waals surface area contributed by atoms with E-state index in [1.807, 2.05) is 16.5 Å². The van der Waals surface area contributed by atoms with E-state index >= 15 is 0 Å². The van der Waals surface area contributed by atoms with Gasteiger partial charge in [-0.25, -0.2) is 4.98 Å². The Morgan fingerprint density at radius 3 is 2.79 bits per heavy atom. The Bertz CT molecular complexity index is 536. The van der Waals surface area contributed by atoms with E-state index < -0.39 is 6.10 Å². The summed E-state index contributed by atoms with van der Waals surface area (Å²) < 4.78 is 7.33. The molecule has 19 heavy (non-hydrogen) atoms. The molecule has 2 heterocycles. The second-order valence-electron chi connectivity index (χ2n) is 4.88. The molecule has 0 amide bonds. The zero-order valence-electron chi connectivity index (χ0n) is 11.8. The van der Waals surface area contributed by atoms with Crippen molar-refractivity contribution in [3.05, 3.63) is 30.4 Å². The van der Waals surface area contributed by atoms with E-state index in [0.717, 1.165) is 30.5 Å². The van der Waals surface area contributed by atoms with Gasteiger partial charge in [0.15, 0.2) is 0 Å². The predicted octanol–water partition coefficient (Wildman–Crippen LogP) is 3.20. The van der Waals surface area contributed by atoms with Crippen LogP contribution < -0.4 is 4.74 Å². The summed E-state index contributed by atoms with van der Waals surface area (Å²) in [4.78, 5) is 4.15. The molecule has 2 unspecified atom stereocenters. The van der Waals surface area contributed by atoms with Crippen LogP contribution in [0.25, 0.3) is 5.52 Å². The van der Waals surface area contributed by atoms with Gasteiger partial charge >= 0.3 is 0 Å². The molecule has 2 rings (SSSR count). The highest BCUT2D eigenvalue weighted by molar-refractivity contribution is 5.50. The quantitative estimate of drug-likeness (QED) is 0.869. The lowest BCUT2D eigenvalue weighted by Crippen LogP contribution is -2.16. The Kier molecular flexibility index (Phi) is 4.43. The van der Waals surface area contributed by atoms with E-state index in [0.29, 0.717) is 5.75 Å². The van der Waals surface area contributed by atoms with Crippen LogP contribution in [0.4, 0.5) is 0 Å². The van der Waals surface area contributed by atoms with Gasteiger partial charge in [0, 0.05) is 0 Å². The Morgan fingerprint density at radius 1 is 1.37 bits per heavy atom. The topological polar surface area (TPSA) is 46.8 Å². The number of ether oxygens (including phenoxy) is 1. The monoisotopic (exact) mass is 262 g/mol. The van der Waals surface area contributed by atoms with Crippen molar-refractivity contribution in [3.63, 3.8) is 0 Å². The van der Waals surface area contributed by atoms with E-state index in [1.165, 1.54) is 0 Å². The van der Waals surface area contributed by atoms with Gasteiger partial charge in [-0.05, 0) is 24.5 Å². The molecular weight excluding hydrogens is 240 g/mol. The largest absolute Gasteiger partial charge is 0.495 e. The summed E-state index contributed by atoms with van der Waals surface area (Å²) in [6.07, 6.45) is 6.01. The van der Waals surface area contributed by atoms with Gasteiger partial charge in [0.05, 0.1) is 30.8 Å². The average Bonchev–Trinajstić information content (AvgIpc) is 2.91. The number of pyridine rings is 1. The van der Waals surface area contributed by atoms with Gasteiger partial charge < -0.3 is 9.84 Å². The maximum absolute atomic E-state index is 10.7. The molecule has 2 aromatic heterocycles. The minimum absolute atomic E-state index is 0.242. The molecule has 1 N–H and O–H groups in total. The first-order valence-corrected chi connectivity index (χ1v) is 6.89. The van der Waals surface area contributed by atoms with Crippen molar-refractivity contribution in [1.82, 2.24) is 9.38 Å². The Morgan fingerprint density at radius 2 is 2.16 bits per heavy atom. The van der Waals surface area contributed by atoms with E-state index in [9.17, 15) is 5.11 Å². The van der Waals surface area contributed by atoms with Crippen LogP contribution in [-0.2, 0) is 0 Å². The van der Waals surface area contributed by atoms with Crippen molar-refractivity contribution in [3.8, 4) is 5.75 Å². The minimum atomic E-state index is -0.530. The highest BCUT2D eigenvalue weighted by Crippen LogP contribution is 2.34. The SMILES string of the molecule is CCCC(CC)C(O)c1c(OC)ccc2cncn12. The number of nitrogens with zero attached hydrogens (tertiary/aromatic N) is 2. The maximum atomic E-state index is 10.7. The number of hydrogen-bond donors (Lipinski definition) is 1. The molecule has 0 aromatic carbocycles. The van der Waals surface area contributed by atoms with Crippen LogP contribution in [0.2, 0.25) is 0 Å². The number of aliphatic hydroxyl groups is 1. The summed E-state index contributed by atoms with van der Waals surface area (Å²) in [6, 6.07) is 3.84. The Balaban J connectivity index is 2.48. The third-order valence-corrected chi connectivity index (χ3v) is 3.72. The van der Waals surface area contributed by atoms with Crippen LogP contribution in [0, 0.1) is 5.92 Å².